The number of nitrogens with two attached hydrogens (primary N) is 2. The highest BCUT2D eigenvalue weighted by molar-refractivity contribution is 7.99. The molecule has 0 amide bonds. The molecular weight excluding hydrogens is 308 g/mol. The molecule has 0 saturated carbocycles. The molecule has 1 aliphatic heterocycles. The number of hydrogen-bond acceptors (Lipinski definition) is 8. The van der Waals surface area contributed by atoms with E-state index in [0.717, 1.165) is 0 Å². The van der Waals surface area contributed by atoms with Gasteiger partial charge in [-0.1, -0.05) is 16.9 Å². The highest BCUT2D eigenvalue weighted by Crippen LogP contribution is 2.31. The maximum absolute atomic E-state index is 11.2. The molecule has 112 valence electrons. The van der Waals surface area contributed by atoms with E-state index in [0.29, 0.717) is 31.0 Å². The van der Waals surface area contributed by atoms with Crippen molar-refractivity contribution in [2.24, 2.45) is 16.0 Å². The fraction of sp³-hybridized carbons (Fsp3) is 0.625. The lowest BCUT2D eigenvalue weighted by Gasteiger charge is -2.28. The van der Waals surface area contributed by atoms with Crippen LogP contribution in [0.15, 0.2) is 14.8 Å². The summed E-state index contributed by atoms with van der Waals surface area (Å²) >= 11 is 1.35. The van der Waals surface area contributed by atoms with Crippen LogP contribution in [-0.4, -0.2) is 52.4 Å². The van der Waals surface area contributed by atoms with Crippen molar-refractivity contribution < 1.29 is 18.3 Å². The Bertz CT molecular complexity index is 592. The molecule has 1 fully saturated rings. The van der Waals surface area contributed by atoms with Gasteiger partial charge < -0.3 is 10.9 Å². The summed E-state index contributed by atoms with van der Waals surface area (Å²) in [6, 6.07) is 0. The van der Waals surface area contributed by atoms with Crippen LogP contribution in [0, 0.1) is 0 Å². The molecule has 0 radical (unpaired) electrons. The highest BCUT2D eigenvalue weighted by atomic mass is 32.2. The van der Waals surface area contributed by atoms with Gasteiger partial charge in [0.25, 0.3) is 10.2 Å². The first-order valence-electron chi connectivity index (χ1n) is 5.67. The van der Waals surface area contributed by atoms with Crippen LogP contribution in [0.2, 0.25) is 0 Å². The van der Waals surface area contributed by atoms with Crippen LogP contribution in [0.1, 0.15) is 18.5 Å². The molecule has 1 saturated heterocycles. The summed E-state index contributed by atoms with van der Waals surface area (Å²) in [5, 5.41) is 24.3. The van der Waals surface area contributed by atoms with Gasteiger partial charge in [0.05, 0.1) is 0 Å². The smallest absolute Gasteiger partial charge is 0.276 e. The predicted molar refractivity (Wildman–Crippen MR) is 70.4 cm³/mol. The summed E-state index contributed by atoms with van der Waals surface area (Å²) in [5.41, 5.74) is 5.62. The normalized spacial score (nSPS) is 19.4. The van der Waals surface area contributed by atoms with E-state index in [4.69, 9.17) is 16.1 Å². The van der Waals surface area contributed by atoms with Gasteiger partial charge in [0.2, 0.25) is 0 Å². The van der Waals surface area contributed by atoms with E-state index < -0.39 is 10.2 Å². The summed E-state index contributed by atoms with van der Waals surface area (Å²) in [4.78, 5) is 0. The molecular formula is C8H14N6O4S2. The van der Waals surface area contributed by atoms with Crippen LogP contribution in [0.4, 0.5) is 0 Å². The molecule has 1 aromatic rings. The van der Waals surface area contributed by atoms with Crippen LogP contribution < -0.4 is 10.9 Å². The predicted octanol–water partition coefficient (Wildman–Crippen LogP) is -1.08. The summed E-state index contributed by atoms with van der Waals surface area (Å²) in [6.45, 7) is 0.696. The minimum atomic E-state index is -3.63. The van der Waals surface area contributed by atoms with E-state index >= 15 is 0 Å². The monoisotopic (exact) mass is 322 g/mol. The zero-order valence-electron chi connectivity index (χ0n) is 10.3. The molecule has 5 N–H and O–H groups in total. The van der Waals surface area contributed by atoms with Crippen molar-refractivity contribution in [3.63, 3.8) is 0 Å². The molecule has 1 aromatic heterocycles. The van der Waals surface area contributed by atoms with Gasteiger partial charge in [0.15, 0.2) is 16.6 Å². The standard InChI is InChI=1S/C8H14N6O4S2/c9-7(11-15)6-8(13-18-12-6)19-5-1-3-14(4-2-5)20(10,16)17/h5,15H,1-4H2,(H2,9,11)(H2,10,16,17). The van der Waals surface area contributed by atoms with Crippen molar-refractivity contribution in [2.75, 3.05) is 13.1 Å². The van der Waals surface area contributed by atoms with Crippen molar-refractivity contribution in [3.8, 4) is 0 Å². The number of nitrogens with zero attached hydrogens (tertiary/aromatic N) is 4. The average molecular weight is 322 g/mol. The Hall–Kier alpha value is -1.37. The number of rotatable bonds is 4. The maximum atomic E-state index is 11.2. The Morgan fingerprint density at radius 3 is 2.65 bits per heavy atom. The first kappa shape index (κ1) is 15.0. The Kier molecular flexibility index (Phi) is 4.47. The van der Waals surface area contributed by atoms with Crippen LogP contribution in [0.3, 0.4) is 0 Å². The van der Waals surface area contributed by atoms with Gasteiger partial charge in [-0.15, -0.1) is 0 Å². The lowest BCUT2D eigenvalue weighted by atomic mass is 10.2. The Balaban J connectivity index is 1.98. The molecule has 1 aliphatic rings. The van der Waals surface area contributed by atoms with E-state index in [1.165, 1.54) is 16.1 Å². The van der Waals surface area contributed by atoms with Crippen LogP contribution in [0.5, 0.6) is 0 Å². The second kappa shape index (κ2) is 5.95. The number of hydrogen-bond donors (Lipinski definition) is 3. The minimum Gasteiger partial charge on any atom is -0.409 e. The Labute approximate surface area is 119 Å². The lowest BCUT2D eigenvalue weighted by molar-refractivity contribution is 0.296. The molecule has 0 aliphatic carbocycles. The van der Waals surface area contributed by atoms with Gasteiger partial charge >= 0.3 is 0 Å². The number of oxime groups is 1. The van der Waals surface area contributed by atoms with Crippen molar-refractivity contribution in [3.05, 3.63) is 5.69 Å². The molecule has 0 spiro atoms. The van der Waals surface area contributed by atoms with Gasteiger partial charge in [-0.2, -0.15) is 12.7 Å². The number of piperidine rings is 1. The lowest BCUT2D eigenvalue weighted by Crippen LogP contribution is -2.42. The summed E-state index contributed by atoms with van der Waals surface area (Å²) in [5.74, 6) is -0.185. The topological polar surface area (TPSA) is 161 Å². The minimum absolute atomic E-state index is 0.130. The Morgan fingerprint density at radius 2 is 2.10 bits per heavy atom. The summed E-state index contributed by atoms with van der Waals surface area (Å²) < 4.78 is 28.2. The molecule has 0 aromatic carbocycles. The van der Waals surface area contributed by atoms with Crippen LogP contribution in [0.25, 0.3) is 0 Å². The molecule has 2 heterocycles. The first-order valence-corrected chi connectivity index (χ1v) is 8.05. The summed E-state index contributed by atoms with van der Waals surface area (Å²) in [7, 11) is -3.63. The van der Waals surface area contributed by atoms with E-state index in [2.05, 4.69) is 20.1 Å². The quantitative estimate of drug-likeness (QED) is 0.273. The molecule has 10 nitrogen and oxygen atoms in total. The van der Waals surface area contributed by atoms with Crippen molar-refractivity contribution in [2.45, 2.75) is 23.1 Å². The zero-order valence-corrected chi connectivity index (χ0v) is 12.0. The second-order valence-electron chi connectivity index (χ2n) is 4.16. The second-order valence-corrected chi connectivity index (χ2v) is 7.00. The van der Waals surface area contributed by atoms with Gasteiger partial charge in [0, 0.05) is 18.3 Å². The summed E-state index contributed by atoms with van der Waals surface area (Å²) in [6.07, 6.45) is 1.23. The molecule has 0 atom stereocenters. The van der Waals surface area contributed by atoms with E-state index in [1.54, 1.807) is 0 Å². The van der Waals surface area contributed by atoms with Crippen LogP contribution >= 0.6 is 11.8 Å². The molecule has 0 unspecified atom stereocenters. The fourth-order valence-corrected chi connectivity index (χ4v) is 3.64. The van der Waals surface area contributed by atoms with Gasteiger partial charge in [-0.25, -0.2) is 9.77 Å². The van der Waals surface area contributed by atoms with E-state index in [9.17, 15) is 8.42 Å². The molecule has 2 rings (SSSR count). The number of aromatic nitrogens is 2. The fourth-order valence-electron chi connectivity index (χ4n) is 1.82. The van der Waals surface area contributed by atoms with E-state index in [-0.39, 0.29) is 16.8 Å². The van der Waals surface area contributed by atoms with Gasteiger partial charge in [0.1, 0.15) is 0 Å². The first-order chi connectivity index (χ1) is 9.41. The van der Waals surface area contributed by atoms with Crippen molar-refractivity contribution in [1.29, 1.82) is 0 Å². The van der Waals surface area contributed by atoms with Crippen molar-refractivity contribution >= 4 is 27.8 Å². The number of amidine groups is 1. The SMILES string of the molecule is N/C(=N\O)c1nonc1SC1CCN(S(N)(=O)=O)CC1. The third-order valence-corrected chi connectivity index (χ3v) is 5.23. The average Bonchev–Trinajstić information content (AvgIpc) is 2.85. The highest BCUT2D eigenvalue weighted by Gasteiger charge is 2.28. The number of thioether (sulfide) groups is 1. The molecule has 20 heavy (non-hydrogen) atoms. The van der Waals surface area contributed by atoms with Gasteiger partial charge in [-0.3, -0.25) is 0 Å². The van der Waals surface area contributed by atoms with Gasteiger partial charge in [-0.05, 0) is 23.2 Å². The largest absolute Gasteiger partial charge is 0.409 e. The third-order valence-electron chi connectivity index (χ3n) is 2.85. The third kappa shape index (κ3) is 3.39. The van der Waals surface area contributed by atoms with Crippen molar-refractivity contribution in [1.82, 2.24) is 14.6 Å². The maximum Gasteiger partial charge on any atom is 0.276 e. The Morgan fingerprint density at radius 1 is 1.45 bits per heavy atom. The molecule has 12 heteroatoms. The van der Waals surface area contributed by atoms with Crippen LogP contribution in [-0.2, 0) is 10.2 Å². The van der Waals surface area contributed by atoms with E-state index in [1.807, 2.05) is 0 Å². The zero-order chi connectivity index (χ0) is 14.8. The molecule has 0 bridgehead atoms.